The number of hydrogen-bond donors (Lipinski definition) is 2. The molecule has 0 spiro atoms. The highest BCUT2D eigenvalue weighted by Crippen LogP contribution is 2.42. The highest BCUT2D eigenvalue weighted by atomic mass is 35.5. The number of amides is 2. The summed E-state index contributed by atoms with van der Waals surface area (Å²) in [6.07, 6.45) is 4.60. The molecule has 2 aromatic heterocycles. The van der Waals surface area contributed by atoms with Crippen LogP contribution < -0.4 is 4.74 Å². The monoisotopic (exact) mass is 860 g/mol. The second-order valence-corrected chi connectivity index (χ2v) is 15.3. The molecule has 2 aliphatic heterocycles. The number of halogens is 3. The van der Waals surface area contributed by atoms with Crippen molar-refractivity contribution >= 4 is 47.0 Å². The smallest absolute Gasteiger partial charge is 0.326 e. The Morgan fingerprint density at radius 1 is 0.623 bits per heavy atom. The average Bonchev–Trinajstić information content (AvgIpc) is 3.93. The van der Waals surface area contributed by atoms with Gasteiger partial charge in [0.25, 0.3) is 11.8 Å². The topological polar surface area (TPSA) is 150 Å². The number of para-hydroxylation sites is 1. The maximum atomic E-state index is 13.5. The first-order chi connectivity index (χ1) is 29.5. The first-order valence-corrected chi connectivity index (χ1v) is 20.1. The lowest BCUT2D eigenvalue weighted by Crippen LogP contribution is -2.42. The van der Waals surface area contributed by atoms with E-state index < -0.39 is 42.0 Å². The van der Waals surface area contributed by atoms with E-state index in [1.54, 1.807) is 61.7 Å². The largest absolute Gasteiger partial charge is 0.496 e. The molecular weight excluding hydrogens is 822 g/mol. The predicted octanol–water partition coefficient (Wildman–Crippen LogP) is 9.81. The van der Waals surface area contributed by atoms with E-state index in [1.807, 2.05) is 54.6 Å². The summed E-state index contributed by atoms with van der Waals surface area (Å²) in [6.45, 7) is 0. The van der Waals surface area contributed by atoms with Crippen molar-refractivity contribution in [3.05, 3.63) is 172 Å². The number of likely N-dealkylation sites (tertiary alicyclic amines) is 2. The molecule has 6 aromatic rings. The zero-order valence-electron chi connectivity index (χ0n) is 32.7. The Balaban J connectivity index is 0.000000184. The molecule has 4 aromatic carbocycles. The highest BCUT2D eigenvalue weighted by molar-refractivity contribution is 6.31. The second-order valence-electron chi connectivity index (χ2n) is 14.4. The van der Waals surface area contributed by atoms with E-state index in [0.717, 1.165) is 16.7 Å². The van der Waals surface area contributed by atoms with Crippen molar-refractivity contribution in [1.82, 2.24) is 19.8 Å². The summed E-state index contributed by atoms with van der Waals surface area (Å²) in [6, 6.07) is 31.8. The summed E-state index contributed by atoms with van der Waals surface area (Å²) in [5.41, 5.74) is 4.64. The normalized spacial score (nSPS) is 18.2. The molecule has 0 radical (unpaired) electrons. The minimum absolute atomic E-state index is 0.264. The van der Waals surface area contributed by atoms with Gasteiger partial charge in [-0.2, -0.15) is 0 Å². The molecule has 0 bridgehead atoms. The molecule has 61 heavy (non-hydrogen) atoms. The third-order valence-corrected chi connectivity index (χ3v) is 11.6. The fraction of sp³-hybridized carbons (Fsp3) is 0.191. The van der Waals surface area contributed by atoms with Crippen molar-refractivity contribution in [2.45, 2.75) is 49.9 Å². The molecule has 0 aliphatic carbocycles. The Morgan fingerprint density at radius 2 is 1.11 bits per heavy atom. The maximum Gasteiger partial charge on any atom is 0.326 e. The summed E-state index contributed by atoms with van der Waals surface area (Å²) in [5.74, 6) is -2.59. The van der Waals surface area contributed by atoms with E-state index in [1.165, 1.54) is 34.3 Å². The Morgan fingerprint density at radius 3 is 1.57 bits per heavy atom. The van der Waals surface area contributed by atoms with Gasteiger partial charge in [0.1, 0.15) is 23.7 Å². The van der Waals surface area contributed by atoms with E-state index in [-0.39, 0.29) is 17.3 Å². The quantitative estimate of drug-likeness (QED) is 0.145. The number of carboxylic acid groups (broad SMARTS) is 2. The van der Waals surface area contributed by atoms with Crippen LogP contribution >= 0.6 is 23.2 Å². The standard InChI is InChI=1S/C24H21ClN2O4.C23H18ClFN2O3/c1-31-22-9-5-3-7-17(22)19-11-10-15(14-26-19)23(28)27-20(12-13-21(27)24(29)30)16-6-2-4-8-18(16)25;24-18-7-2-1-6-17(18)20-10-11-21(23(29)30)27(20)22(28)15-8-9-19(26-13-15)14-4-3-5-16(25)12-14/h2-11,14,20-21H,12-13H2,1H3,(H,29,30);1-9,12-13,20-21H,10-11H2,(H,29,30)/t2*20-,21+/m11/s1. The average molecular weight is 862 g/mol. The number of aliphatic carboxylic acids is 2. The van der Waals surface area contributed by atoms with Crippen LogP contribution in [0.25, 0.3) is 22.5 Å². The van der Waals surface area contributed by atoms with Gasteiger partial charge in [0.2, 0.25) is 0 Å². The van der Waals surface area contributed by atoms with Crippen LogP contribution in [0.1, 0.15) is 69.6 Å². The Bertz CT molecular complexity index is 2580. The fourth-order valence-corrected chi connectivity index (χ4v) is 8.47. The summed E-state index contributed by atoms with van der Waals surface area (Å²) in [7, 11) is 1.59. The minimum atomic E-state index is -1.05. The number of pyridine rings is 2. The van der Waals surface area contributed by atoms with Gasteiger partial charge in [-0.3, -0.25) is 19.6 Å². The molecule has 310 valence electrons. The SMILES string of the molecule is COc1ccccc1-c1ccc(C(=O)N2[C@@H](c3ccccc3Cl)CC[C@H]2C(=O)O)cn1.O=C(O)[C@@H]1CC[C@H](c2ccccc2Cl)N1C(=O)c1ccc(-c2cccc(F)c2)nc1. The molecule has 2 saturated heterocycles. The van der Waals surface area contributed by atoms with Gasteiger partial charge in [-0.1, -0.05) is 83.9 Å². The third-order valence-electron chi connectivity index (χ3n) is 10.9. The lowest BCUT2D eigenvalue weighted by Gasteiger charge is -2.29. The molecule has 8 rings (SSSR count). The van der Waals surface area contributed by atoms with Crippen molar-refractivity contribution in [2.75, 3.05) is 7.11 Å². The van der Waals surface area contributed by atoms with Gasteiger partial charge in [0.15, 0.2) is 0 Å². The number of nitrogens with zero attached hydrogens (tertiary/aromatic N) is 4. The number of aromatic nitrogens is 2. The fourth-order valence-electron chi connectivity index (χ4n) is 7.95. The van der Waals surface area contributed by atoms with E-state index in [4.69, 9.17) is 27.9 Å². The Hall–Kier alpha value is -6.63. The summed E-state index contributed by atoms with van der Waals surface area (Å²) in [5, 5.41) is 20.4. The highest BCUT2D eigenvalue weighted by Gasteiger charge is 2.44. The molecule has 11 nitrogen and oxygen atoms in total. The van der Waals surface area contributed by atoms with E-state index in [9.17, 15) is 33.8 Å². The van der Waals surface area contributed by atoms with E-state index >= 15 is 0 Å². The molecule has 2 fully saturated rings. The van der Waals surface area contributed by atoms with Crippen LogP contribution in [0.2, 0.25) is 10.0 Å². The van der Waals surface area contributed by atoms with Gasteiger partial charge in [-0.05, 0) is 97.5 Å². The van der Waals surface area contributed by atoms with Crippen LogP contribution in [0.4, 0.5) is 4.39 Å². The van der Waals surface area contributed by atoms with Crippen LogP contribution in [-0.2, 0) is 9.59 Å². The summed E-state index contributed by atoms with van der Waals surface area (Å²) >= 11 is 12.7. The zero-order valence-corrected chi connectivity index (χ0v) is 34.2. The van der Waals surface area contributed by atoms with Gasteiger partial charge in [-0.25, -0.2) is 14.0 Å². The first kappa shape index (κ1) is 42.5. The molecule has 4 atom stereocenters. The number of methoxy groups -OCH3 is 1. The molecule has 14 heteroatoms. The molecule has 2 amide bonds. The first-order valence-electron chi connectivity index (χ1n) is 19.4. The summed E-state index contributed by atoms with van der Waals surface area (Å²) < 4.78 is 18.8. The van der Waals surface area contributed by atoms with Gasteiger partial charge in [-0.15, -0.1) is 0 Å². The molecule has 0 saturated carbocycles. The number of rotatable bonds is 9. The van der Waals surface area contributed by atoms with Crippen molar-refractivity contribution in [2.24, 2.45) is 0 Å². The Labute approximate surface area is 361 Å². The van der Waals surface area contributed by atoms with Crippen molar-refractivity contribution in [3.8, 4) is 28.3 Å². The van der Waals surface area contributed by atoms with Gasteiger partial charge in [0.05, 0.1) is 41.7 Å². The van der Waals surface area contributed by atoms with Crippen LogP contribution in [0, 0.1) is 5.82 Å². The number of carboxylic acids is 2. The lowest BCUT2D eigenvalue weighted by molar-refractivity contribution is -0.142. The number of carbonyl (C=O) groups is 4. The van der Waals surface area contributed by atoms with Crippen molar-refractivity contribution in [1.29, 1.82) is 0 Å². The van der Waals surface area contributed by atoms with Gasteiger partial charge >= 0.3 is 11.9 Å². The molecule has 2 aliphatic rings. The number of hydrogen-bond acceptors (Lipinski definition) is 7. The van der Waals surface area contributed by atoms with Crippen LogP contribution in [0.15, 0.2) is 134 Å². The van der Waals surface area contributed by atoms with Gasteiger partial charge < -0.3 is 24.7 Å². The van der Waals surface area contributed by atoms with E-state index in [2.05, 4.69) is 9.97 Å². The number of benzene rings is 4. The molecule has 0 unspecified atom stereocenters. The minimum Gasteiger partial charge on any atom is -0.496 e. The second kappa shape index (κ2) is 18.7. The van der Waals surface area contributed by atoms with E-state index in [0.29, 0.717) is 64.0 Å². The number of carbonyl (C=O) groups excluding carboxylic acids is 2. The lowest BCUT2D eigenvalue weighted by atomic mass is 10.0. The van der Waals surface area contributed by atoms with Crippen LogP contribution in [0.5, 0.6) is 5.75 Å². The predicted molar refractivity (Wildman–Crippen MR) is 228 cm³/mol. The third kappa shape index (κ3) is 9.11. The zero-order chi connectivity index (χ0) is 43.2. The van der Waals surface area contributed by atoms with Crippen LogP contribution in [0.3, 0.4) is 0 Å². The maximum absolute atomic E-state index is 13.5. The van der Waals surface area contributed by atoms with Crippen molar-refractivity contribution < 1.29 is 38.5 Å². The molecule has 2 N–H and O–H groups in total. The van der Waals surface area contributed by atoms with Gasteiger partial charge in [0, 0.05) is 33.6 Å². The van der Waals surface area contributed by atoms with Crippen molar-refractivity contribution in [3.63, 3.8) is 0 Å². The Kier molecular flexibility index (Phi) is 13.1. The summed E-state index contributed by atoms with van der Waals surface area (Å²) in [4.78, 5) is 61.8. The van der Waals surface area contributed by atoms with Crippen LogP contribution in [-0.4, -0.2) is 72.9 Å². The molecular formula is C47H39Cl2FN4O7. The molecule has 4 heterocycles. The number of ether oxygens (including phenoxy) is 1.